The molecule has 2 aromatic heterocycles. The number of thiophene rings is 1. The molecule has 15 heavy (non-hydrogen) atoms. The van der Waals surface area contributed by atoms with Gasteiger partial charge in [0.25, 0.3) is 0 Å². The summed E-state index contributed by atoms with van der Waals surface area (Å²) in [6.45, 7) is 2.95. The minimum atomic E-state index is 0.549. The second-order valence-electron chi connectivity index (χ2n) is 3.34. The minimum Gasteiger partial charge on any atom is -0.384 e. The van der Waals surface area contributed by atoms with Crippen molar-refractivity contribution in [3.8, 4) is 0 Å². The van der Waals surface area contributed by atoms with E-state index >= 15 is 0 Å². The van der Waals surface area contributed by atoms with Crippen LogP contribution in [0.5, 0.6) is 0 Å². The third-order valence-corrected chi connectivity index (χ3v) is 3.05. The lowest BCUT2D eigenvalue weighted by Gasteiger charge is -2.03. The van der Waals surface area contributed by atoms with Gasteiger partial charge in [-0.15, -0.1) is 11.3 Å². The van der Waals surface area contributed by atoms with Gasteiger partial charge in [-0.25, -0.2) is 4.98 Å². The summed E-state index contributed by atoms with van der Waals surface area (Å²) in [7, 11) is 0. The number of rotatable bonds is 3. The monoisotopic (exact) mass is 219 g/mol. The van der Waals surface area contributed by atoms with Crippen LogP contribution in [0.4, 0.5) is 11.5 Å². The van der Waals surface area contributed by atoms with Gasteiger partial charge < -0.3 is 11.1 Å². The maximum Gasteiger partial charge on any atom is 0.123 e. The van der Waals surface area contributed by atoms with Crippen molar-refractivity contribution in [3.63, 3.8) is 0 Å². The fraction of sp³-hybridized carbons (Fsp3) is 0.182. The molecule has 0 spiro atoms. The molecule has 3 nitrogen and oxygen atoms in total. The highest BCUT2D eigenvalue weighted by Crippen LogP contribution is 2.16. The highest BCUT2D eigenvalue weighted by molar-refractivity contribution is 7.11. The van der Waals surface area contributed by atoms with E-state index in [1.807, 2.05) is 6.07 Å². The van der Waals surface area contributed by atoms with Crippen LogP contribution in [0.2, 0.25) is 0 Å². The van der Waals surface area contributed by atoms with Gasteiger partial charge in [0, 0.05) is 16.3 Å². The first kappa shape index (κ1) is 9.98. The van der Waals surface area contributed by atoms with Gasteiger partial charge >= 0.3 is 0 Å². The maximum atomic E-state index is 5.50. The predicted molar refractivity (Wildman–Crippen MR) is 65.0 cm³/mol. The van der Waals surface area contributed by atoms with E-state index in [0.29, 0.717) is 5.82 Å². The Labute approximate surface area is 93.0 Å². The molecule has 0 aliphatic carbocycles. The molecule has 78 valence electrons. The summed E-state index contributed by atoms with van der Waals surface area (Å²) in [6.07, 6.45) is 1.75. The third kappa shape index (κ3) is 2.70. The molecule has 0 aliphatic heterocycles. The smallest absolute Gasteiger partial charge is 0.123 e. The molecule has 0 saturated carbocycles. The molecule has 0 fully saturated rings. The van der Waals surface area contributed by atoms with E-state index in [1.54, 1.807) is 23.6 Å². The number of nitrogens with zero attached hydrogens (tertiary/aromatic N) is 1. The van der Waals surface area contributed by atoms with Crippen molar-refractivity contribution in [3.05, 3.63) is 40.2 Å². The number of aromatic nitrogens is 1. The van der Waals surface area contributed by atoms with Crippen LogP contribution in [0.3, 0.4) is 0 Å². The average Bonchev–Trinajstić information content (AvgIpc) is 2.64. The number of nitrogens with one attached hydrogen (secondary N) is 1. The van der Waals surface area contributed by atoms with Crippen LogP contribution < -0.4 is 11.1 Å². The molecular formula is C11H13N3S. The summed E-state index contributed by atoms with van der Waals surface area (Å²) in [5.74, 6) is 0.549. The first-order chi connectivity index (χ1) is 7.24. The molecule has 2 aromatic rings. The molecule has 0 bridgehead atoms. The zero-order chi connectivity index (χ0) is 10.7. The Balaban J connectivity index is 1.96. The summed E-state index contributed by atoms with van der Waals surface area (Å²) in [6, 6.07) is 7.99. The van der Waals surface area contributed by atoms with Crippen molar-refractivity contribution in [2.45, 2.75) is 13.5 Å². The summed E-state index contributed by atoms with van der Waals surface area (Å²) in [5.41, 5.74) is 6.50. The number of anilines is 2. The molecule has 0 saturated heterocycles. The summed E-state index contributed by atoms with van der Waals surface area (Å²) in [4.78, 5) is 6.67. The molecule has 2 heterocycles. The van der Waals surface area contributed by atoms with Crippen LogP contribution in [-0.2, 0) is 6.54 Å². The normalized spacial score (nSPS) is 10.2. The van der Waals surface area contributed by atoms with E-state index in [1.165, 1.54) is 9.75 Å². The van der Waals surface area contributed by atoms with E-state index in [9.17, 15) is 0 Å². The van der Waals surface area contributed by atoms with Gasteiger partial charge in [0.1, 0.15) is 5.82 Å². The number of nitrogens with two attached hydrogens (primary N) is 1. The Morgan fingerprint density at radius 1 is 1.33 bits per heavy atom. The quantitative estimate of drug-likeness (QED) is 0.834. The summed E-state index contributed by atoms with van der Waals surface area (Å²) < 4.78 is 0. The lowest BCUT2D eigenvalue weighted by atomic mass is 10.4. The zero-order valence-electron chi connectivity index (χ0n) is 8.53. The van der Waals surface area contributed by atoms with Gasteiger partial charge in [-0.05, 0) is 31.2 Å². The van der Waals surface area contributed by atoms with E-state index in [2.05, 4.69) is 29.4 Å². The lowest BCUT2D eigenvalue weighted by Crippen LogP contribution is -1.98. The lowest BCUT2D eigenvalue weighted by molar-refractivity contribution is 1.18. The molecule has 3 N–H and O–H groups in total. The Morgan fingerprint density at radius 2 is 2.20 bits per heavy atom. The number of hydrogen-bond donors (Lipinski definition) is 2. The maximum absolute atomic E-state index is 5.50. The molecule has 2 rings (SSSR count). The summed E-state index contributed by atoms with van der Waals surface area (Å²) >= 11 is 1.80. The van der Waals surface area contributed by atoms with Crippen molar-refractivity contribution >= 4 is 22.8 Å². The fourth-order valence-electron chi connectivity index (χ4n) is 1.28. The van der Waals surface area contributed by atoms with Crippen LogP contribution in [-0.4, -0.2) is 4.98 Å². The van der Waals surface area contributed by atoms with Crippen molar-refractivity contribution in [2.24, 2.45) is 0 Å². The molecule has 0 unspecified atom stereocenters. The molecule has 0 aliphatic rings. The topological polar surface area (TPSA) is 50.9 Å². The van der Waals surface area contributed by atoms with E-state index in [-0.39, 0.29) is 0 Å². The Hall–Kier alpha value is -1.55. The van der Waals surface area contributed by atoms with Gasteiger partial charge in [-0.2, -0.15) is 0 Å². The number of nitrogen functional groups attached to an aromatic ring is 1. The average molecular weight is 219 g/mol. The Morgan fingerprint density at radius 3 is 2.80 bits per heavy atom. The molecular weight excluding hydrogens is 206 g/mol. The van der Waals surface area contributed by atoms with Gasteiger partial charge in [-0.3, -0.25) is 0 Å². The molecule has 0 amide bonds. The standard InChI is InChI=1S/C11H13N3S/c1-8-2-4-10(15-8)7-13-9-3-5-11(12)14-6-9/h2-6,13H,7H2,1H3,(H2,12,14). The van der Waals surface area contributed by atoms with Crippen molar-refractivity contribution in [1.29, 1.82) is 0 Å². The molecule has 0 aromatic carbocycles. The highest BCUT2D eigenvalue weighted by atomic mass is 32.1. The van der Waals surface area contributed by atoms with Crippen molar-refractivity contribution in [1.82, 2.24) is 4.98 Å². The van der Waals surface area contributed by atoms with Crippen LogP contribution in [0.1, 0.15) is 9.75 Å². The van der Waals surface area contributed by atoms with Gasteiger partial charge in [0.05, 0.1) is 11.9 Å². The van der Waals surface area contributed by atoms with Gasteiger partial charge in [-0.1, -0.05) is 0 Å². The van der Waals surface area contributed by atoms with E-state index in [0.717, 1.165) is 12.2 Å². The minimum absolute atomic E-state index is 0.549. The van der Waals surface area contributed by atoms with Crippen molar-refractivity contribution < 1.29 is 0 Å². The number of hydrogen-bond acceptors (Lipinski definition) is 4. The Bertz CT molecular complexity index is 433. The SMILES string of the molecule is Cc1ccc(CNc2ccc(N)nc2)s1. The molecule has 0 radical (unpaired) electrons. The summed E-state index contributed by atoms with van der Waals surface area (Å²) in [5, 5.41) is 3.29. The van der Waals surface area contributed by atoms with Crippen LogP contribution in [0.25, 0.3) is 0 Å². The predicted octanol–water partition coefficient (Wildman–Crippen LogP) is 2.65. The van der Waals surface area contributed by atoms with Gasteiger partial charge in [0.15, 0.2) is 0 Å². The Kier molecular flexibility index (Phi) is 2.87. The zero-order valence-corrected chi connectivity index (χ0v) is 9.34. The highest BCUT2D eigenvalue weighted by Gasteiger charge is 1.97. The number of pyridine rings is 1. The second kappa shape index (κ2) is 4.31. The number of aryl methyl sites for hydroxylation is 1. The fourth-order valence-corrected chi connectivity index (χ4v) is 2.11. The van der Waals surface area contributed by atoms with Crippen LogP contribution in [0, 0.1) is 6.92 Å². The van der Waals surface area contributed by atoms with Gasteiger partial charge in [0.2, 0.25) is 0 Å². The van der Waals surface area contributed by atoms with E-state index < -0.39 is 0 Å². The first-order valence-corrected chi connectivity index (χ1v) is 5.56. The van der Waals surface area contributed by atoms with E-state index in [4.69, 9.17) is 5.73 Å². The van der Waals surface area contributed by atoms with Crippen LogP contribution >= 0.6 is 11.3 Å². The molecule has 0 atom stereocenters. The van der Waals surface area contributed by atoms with Crippen LogP contribution in [0.15, 0.2) is 30.5 Å². The first-order valence-electron chi connectivity index (χ1n) is 4.75. The van der Waals surface area contributed by atoms with Crippen molar-refractivity contribution in [2.75, 3.05) is 11.1 Å². The third-order valence-electron chi connectivity index (χ3n) is 2.05. The largest absolute Gasteiger partial charge is 0.384 e. The second-order valence-corrected chi connectivity index (χ2v) is 4.71. The molecule has 4 heteroatoms.